The molecular weight excluding hydrogens is 482 g/mol. The molecule has 1 saturated heterocycles. The van der Waals surface area contributed by atoms with Gasteiger partial charge in [-0.15, -0.1) is 0 Å². The number of nitrogens with zero attached hydrogens (tertiary/aromatic N) is 3. The monoisotopic (exact) mass is 515 g/mol. The van der Waals surface area contributed by atoms with E-state index in [1.54, 1.807) is 16.8 Å². The number of rotatable bonds is 13. The van der Waals surface area contributed by atoms with E-state index in [1.807, 2.05) is 78.9 Å². The number of carbonyl (C=O) groups is 3. The van der Waals surface area contributed by atoms with Crippen molar-refractivity contribution in [2.75, 3.05) is 36.5 Å². The lowest BCUT2D eigenvalue weighted by Crippen LogP contribution is -2.31. The molecule has 1 aliphatic heterocycles. The summed E-state index contributed by atoms with van der Waals surface area (Å²) in [5.74, 6) is -0.727. The Morgan fingerprint density at radius 2 is 1.63 bits per heavy atom. The summed E-state index contributed by atoms with van der Waals surface area (Å²) >= 11 is 0. The van der Waals surface area contributed by atoms with Gasteiger partial charge in [0.2, 0.25) is 6.41 Å². The maximum Gasteiger partial charge on any atom is 0.329 e. The Bertz CT molecular complexity index is 1250. The number of urea groups is 1. The van der Waals surface area contributed by atoms with E-state index in [0.29, 0.717) is 51.3 Å². The van der Waals surface area contributed by atoms with Crippen LogP contribution < -0.4 is 14.5 Å². The van der Waals surface area contributed by atoms with Gasteiger partial charge in [0.15, 0.2) is 0 Å². The smallest absolute Gasteiger partial charge is 0.329 e. The summed E-state index contributed by atoms with van der Waals surface area (Å²) in [5.41, 5.74) is 3.45. The number of aliphatic carboxylic acids is 1. The van der Waals surface area contributed by atoms with Crippen LogP contribution in [0, 0.1) is 5.92 Å². The van der Waals surface area contributed by atoms with Crippen LogP contribution in [-0.4, -0.2) is 55.1 Å². The first-order valence-electron chi connectivity index (χ1n) is 12.8. The van der Waals surface area contributed by atoms with Gasteiger partial charge in [0.25, 0.3) is 0 Å². The fraction of sp³-hybridized carbons (Fsp3) is 0.300. The van der Waals surface area contributed by atoms with Crippen LogP contribution in [0.1, 0.15) is 24.0 Å². The van der Waals surface area contributed by atoms with Gasteiger partial charge >= 0.3 is 12.0 Å². The van der Waals surface area contributed by atoms with Crippen LogP contribution in [0.25, 0.3) is 0 Å². The van der Waals surface area contributed by atoms with Crippen molar-refractivity contribution in [1.29, 1.82) is 0 Å². The Morgan fingerprint density at radius 3 is 2.32 bits per heavy atom. The van der Waals surface area contributed by atoms with Crippen molar-refractivity contribution in [1.82, 2.24) is 4.90 Å². The third-order valence-corrected chi connectivity index (χ3v) is 6.68. The van der Waals surface area contributed by atoms with E-state index in [0.717, 1.165) is 28.9 Å². The maximum absolute atomic E-state index is 13.4. The summed E-state index contributed by atoms with van der Waals surface area (Å²) in [4.78, 5) is 40.9. The van der Waals surface area contributed by atoms with Gasteiger partial charge in [-0.3, -0.25) is 19.4 Å². The molecule has 8 nitrogen and oxygen atoms in total. The highest BCUT2D eigenvalue weighted by molar-refractivity contribution is 6.06. The quantitative estimate of drug-likeness (QED) is 0.330. The zero-order chi connectivity index (χ0) is 26.9. The summed E-state index contributed by atoms with van der Waals surface area (Å²) < 4.78 is 5.94. The molecule has 1 aliphatic rings. The van der Waals surface area contributed by atoms with Gasteiger partial charge in [-0.05, 0) is 54.7 Å². The van der Waals surface area contributed by atoms with Crippen LogP contribution in [-0.2, 0) is 22.6 Å². The zero-order valence-electron chi connectivity index (χ0n) is 21.5. The topological polar surface area (TPSA) is 90.4 Å². The largest absolute Gasteiger partial charge is 0.489 e. The molecule has 1 unspecified atom stereocenters. The fourth-order valence-electron chi connectivity index (χ4n) is 4.59. The summed E-state index contributed by atoms with van der Waals surface area (Å²) in [7, 11) is 1.68. The second kappa shape index (κ2) is 12.8. The summed E-state index contributed by atoms with van der Waals surface area (Å²) in [6.45, 7) is 2.02. The average Bonchev–Trinajstić information content (AvgIpc) is 3.33. The van der Waals surface area contributed by atoms with Crippen LogP contribution in [0.2, 0.25) is 0 Å². The lowest BCUT2D eigenvalue weighted by Gasteiger charge is -2.20. The van der Waals surface area contributed by atoms with E-state index >= 15 is 0 Å². The highest BCUT2D eigenvalue weighted by atomic mass is 16.5. The molecule has 4 rings (SSSR count). The summed E-state index contributed by atoms with van der Waals surface area (Å²) in [6, 6.07) is 24.8. The third-order valence-electron chi connectivity index (χ3n) is 6.68. The molecule has 8 heteroatoms. The highest BCUT2D eigenvalue weighted by Gasteiger charge is 2.31. The SMILES string of the molecule is CN(C=O)CCCC(Cc1cccc(N2CCN(c3cccc(OCc4ccccc4)c3)C2=O)c1)C(=O)O. The Balaban J connectivity index is 1.40. The Kier molecular flexibility index (Phi) is 8.98. The third kappa shape index (κ3) is 6.91. The van der Waals surface area contributed by atoms with Crippen LogP contribution in [0.3, 0.4) is 0 Å². The summed E-state index contributed by atoms with van der Waals surface area (Å²) in [6.07, 6.45) is 2.18. The minimum atomic E-state index is -0.859. The molecule has 3 amide bonds. The molecular formula is C30H33N3O5. The van der Waals surface area contributed by atoms with E-state index < -0.39 is 11.9 Å². The minimum absolute atomic E-state index is 0.131. The number of benzene rings is 3. The molecule has 1 atom stereocenters. The molecule has 0 radical (unpaired) electrons. The molecule has 1 fully saturated rings. The lowest BCUT2D eigenvalue weighted by atomic mass is 9.94. The van der Waals surface area contributed by atoms with Crippen molar-refractivity contribution in [2.24, 2.45) is 5.92 Å². The number of carboxylic acids is 1. The van der Waals surface area contributed by atoms with Gasteiger partial charge in [-0.25, -0.2) is 4.79 Å². The normalized spacial score (nSPS) is 13.9. The molecule has 0 bridgehead atoms. The van der Waals surface area contributed by atoms with E-state index in [9.17, 15) is 19.5 Å². The molecule has 0 aromatic heterocycles. The second-order valence-electron chi connectivity index (χ2n) is 9.49. The Morgan fingerprint density at radius 1 is 0.974 bits per heavy atom. The number of amides is 3. The van der Waals surface area contributed by atoms with Crippen molar-refractivity contribution in [2.45, 2.75) is 25.9 Å². The van der Waals surface area contributed by atoms with E-state index in [-0.39, 0.29) is 6.03 Å². The average molecular weight is 516 g/mol. The molecule has 1 N–H and O–H groups in total. The first kappa shape index (κ1) is 26.7. The zero-order valence-corrected chi connectivity index (χ0v) is 21.5. The Labute approximate surface area is 223 Å². The number of ether oxygens (including phenoxy) is 1. The van der Waals surface area contributed by atoms with Crippen molar-refractivity contribution in [3.05, 3.63) is 90.0 Å². The van der Waals surface area contributed by atoms with E-state index in [1.165, 1.54) is 4.90 Å². The molecule has 3 aromatic carbocycles. The molecule has 0 aliphatic carbocycles. The van der Waals surface area contributed by atoms with Gasteiger partial charge in [0.05, 0.1) is 5.92 Å². The predicted octanol–water partition coefficient (Wildman–Crippen LogP) is 4.82. The number of anilines is 2. The lowest BCUT2D eigenvalue weighted by molar-refractivity contribution is -0.142. The second-order valence-corrected chi connectivity index (χ2v) is 9.49. The van der Waals surface area contributed by atoms with Crippen molar-refractivity contribution in [3.8, 4) is 5.75 Å². The van der Waals surface area contributed by atoms with Gasteiger partial charge in [-0.2, -0.15) is 0 Å². The first-order chi connectivity index (χ1) is 18.4. The molecule has 198 valence electrons. The van der Waals surface area contributed by atoms with E-state index in [4.69, 9.17) is 4.74 Å². The van der Waals surface area contributed by atoms with Gasteiger partial charge in [0.1, 0.15) is 12.4 Å². The number of hydrogen-bond acceptors (Lipinski definition) is 4. The van der Waals surface area contributed by atoms with Crippen molar-refractivity contribution in [3.63, 3.8) is 0 Å². The maximum atomic E-state index is 13.4. The molecule has 3 aromatic rings. The molecule has 0 saturated carbocycles. The van der Waals surface area contributed by atoms with Crippen molar-refractivity contribution < 1.29 is 24.2 Å². The van der Waals surface area contributed by atoms with Crippen LogP contribution in [0.5, 0.6) is 5.75 Å². The summed E-state index contributed by atoms with van der Waals surface area (Å²) in [5, 5.41) is 9.70. The van der Waals surface area contributed by atoms with E-state index in [2.05, 4.69) is 0 Å². The molecule has 38 heavy (non-hydrogen) atoms. The van der Waals surface area contributed by atoms with Crippen molar-refractivity contribution >= 4 is 29.8 Å². The number of hydrogen-bond donors (Lipinski definition) is 1. The Hall–Kier alpha value is -4.33. The van der Waals surface area contributed by atoms with Gasteiger partial charge in [0, 0.05) is 44.1 Å². The van der Waals surface area contributed by atoms with Gasteiger partial charge in [-0.1, -0.05) is 48.5 Å². The number of carboxylic acid groups (broad SMARTS) is 1. The van der Waals surface area contributed by atoms with Gasteiger partial charge < -0.3 is 14.7 Å². The highest BCUT2D eigenvalue weighted by Crippen LogP contribution is 2.29. The first-order valence-corrected chi connectivity index (χ1v) is 12.8. The van der Waals surface area contributed by atoms with Crippen LogP contribution >= 0.6 is 0 Å². The minimum Gasteiger partial charge on any atom is -0.489 e. The molecule has 0 spiro atoms. The standard InChI is InChI=1S/C30H33N3O5/c1-31(22-34)15-7-11-25(29(35)36)18-24-10-5-12-26(19-24)32-16-17-33(30(32)37)27-13-6-14-28(20-27)38-21-23-8-3-2-4-9-23/h2-6,8-10,12-14,19-20,22,25H,7,11,15-18,21H2,1H3,(H,35,36). The van der Waals surface area contributed by atoms with Crippen LogP contribution in [0.4, 0.5) is 16.2 Å². The van der Waals surface area contributed by atoms with Crippen LogP contribution in [0.15, 0.2) is 78.9 Å². The molecule has 1 heterocycles. The predicted molar refractivity (Wildman–Crippen MR) is 147 cm³/mol. The fourth-order valence-corrected chi connectivity index (χ4v) is 4.59. The number of carbonyl (C=O) groups excluding carboxylic acids is 2.